The first-order chi connectivity index (χ1) is 6.68. The molecule has 0 aliphatic carbocycles. The van der Waals surface area contributed by atoms with Crippen molar-refractivity contribution in [3.05, 3.63) is 30.6 Å². The number of ketones is 1. The quantitative estimate of drug-likeness (QED) is 0.545. The normalized spacial score (nSPS) is 10.0. The molecule has 0 amide bonds. The van der Waals surface area contributed by atoms with Crippen LogP contribution in [-0.4, -0.2) is 10.4 Å². The Hall–Kier alpha value is -1.35. The molecule has 0 unspecified atom stereocenters. The van der Waals surface area contributed by atoms with Crippen molar-refractivity contribution < 1.29 is 21.8 Å². The van der Waals surface area contributed by atoms with Crippen molar-refractivity contribution in [1.82, 2.24) is 4.57 Å². The Bertz CT molecular complexity index is 490. The molecule has 15 heavy (non-hydrogen) atoms. The van der Waals surface area contributed by atoms with Gasteiger partial charge in [-0.3, -0.25) is 4.79 Å². The molecule has 0 radical (unpaired) electrons. The number of imidazole rings is 1. The van der Waals surface area contributed by atoms with Gasteiger partial charge in [-0.2, -0.15) is 0 Å². The summed E-state index contributed by atoms with van der Waals surface area (Å²) < 4.78 is 4.00. The van der Waals surface area contributed by atoms with E-state index in [1.165, 1.54) is 0 Å². The number of nitrogens with zero attached hydrogens (tertiary/aromatic N) is 2. The molecule has 1 aromatic carbocycles. The molecule has 2 aromatic rings. The number of benzene rings is 1. The molecule has 2 rings (SSSR count). The van der Waals surface area contributed by atoms with Crippen LogP contribution in [0.5, 0.6) is 0 Å². The number of aromatic nitrogens is 2. The molecule has 0 spiro atoms. The van der Waals surface area contributed by atoms with Crippen molar-refractivity contribution in [2.75, 3.05) is 0 Å². The van der Waals surface area contributed by atoms with Gasteiger partial charge in [-0.25, -0.2) is 9.13 Å². The molecule has 0 fully saturated rings. The zero-order valence-corrected chi connectivity index (χ0v) is 9.53. The molecular formula is C11H13ClN2O. The second-order valence-corrected chi connectivity index (χ2v) is 3.55. The first-order valence-corrected chi connectivity index (χ1v) is 4.61. The number of para-hydroxylation sites is 2. The molecule has 1 heterocycles. The van der Waals surface area contributed by atoms with Crippen LogP contribution < -0.4 is 17.0 Å². The lowest BCUT2D eigenvalue weighted by atomic mass is 10.3. The predicted octanol–water partition coefficient (Wildman–Crippen LogP) is -1.94. The van der Waals surface area contributed by atoms with Gasteiger partial charge in [0.2, 0.25) is 6.33 Å². The highest BCUT2D eigenvalue weighted by molar-refractivity contribution is 5.78. The molecule has 0 atom stereocenters. The minimum absolute atomic E-state index is 0. The summed E-state index contributed by atoms with van der Waals surface area (Å²) in [7, 11) is 1.99. The summed E-state index contributed by atoms with van der Waals surface area (Å²) in [6.45, 7) is 2.05. The fourth-order valence-corrected chi connectivity index (χ4v) is 1.70. The van der Waals surface area contributed by atoms with E-state index in [0.29, 0.717) is 6.54 Å². The molecule has 0 aliphatic rings. The van der Waals surface area contributed by atoms with Crippen molar-refractivity contribution in [3.63, 3.8) is 0 Å². The van der Waals surface area contributed by atoms with Gasteiger partial charge in [0.1, 0.15) is 6.54 Å². The van der Waals surface area contributed by atoms with Crippen molar-refractivity contribution >= 4 is 16.8 Å². The number of Topliss-reactive ketones (excluding diaryl/α,β-unsaturated/α-hetero) is 1. The van der Waals surface area contributed by atoms with E-state index in [2.05, 4.69) is 0 Å². The third-order valence-electron chi connectivity index (χ3n) is 2.28. The number of hydrogen-bond donors (Lipinski definition) is 0. The van der Waals surface area contributed by atoms with Crippen LogP contribution in [0.1, 0.15) is 6.92 Å². The minimum Gasteiger partial charge on any atom is -1.00 e. The first-order valence-electron chi connectivity index (χ1n) is 4.61. The van der Waals surface area contributed by atoms with Gasteiger partial charge in [0, 0.05) is 0 Å². The van der Waals surface area contributed by atoms with Gasteiger partial charge in [-0.1, -0.05) is 12.1 Å². The highest BCUT2D eigenvalue weighted by Crippen LogP contribution is 2.09. The number of hydrogen-bond acceptors (Lipinski definition) is 1. The molecule has 3 nitrogen and oxygen atoms in total. The molecule has 80 valence electrons. The summed E-state index contributed by atoms with van der Waals surface area (Å²) in [5.74, 6) is 0.173. The van der Waals surface area contributed by atoms with Gasteiger partial charge < -0.3 is 12.4 Å². The molecule has 0 aliphatic heterocycles. The lowest BCUT2D eigenvalue weighted by molar-refractivity contribution is -0.645. The Kier molecular flexibility index (Phi) is 3.48. The zero-order valence-electron chi connectivity index (χ0n) is 8.77. The Morgan fingerprint density at radius 1 is 1.40 bits per heavy atom. The van der Waals surface area contributed by atoms with Gasteiger partial charge in [0.05, 0.1) is 7.05 Å². The second kappa shape index (κ2) is 4.45. The van der Waals surface area contributed by atoms with E-state index in [-0.39, 0.29) is 18.2 Å². The van der Waals surface area contributed by atoms with Crippen molar-refractivity contribution in [2.24, 2.45) is 7.05 Å². The van der Waals surface area contributed by atoms with Crippen molar-refractivity contribution in [3.8, 4) is 0 Å². The second-order valence-electron chi connectivity index (χ2n) is 3.55. The van der Waals surface area contributed by atoms with E-state index in [1.54, 1.807) is 6.92 Å². The minimum atomic E-state index is 0. The summed E-state index contributed by atoms with van der Waals surface area (Å²) in [5, 5.41) is 0. The smallest absolute Gasteiger partial charge is 0.244 e. The standard InChI is InChI=1S/C11H13N2O.ClH/c1-9(14)7-13-8-12(2)10-5-3-4-6-11(10)13;/h3-6,8H,7H2,1-2H3;1H/q+1;/p-1. The molecule has 0 N–H and O–H groups in total. The van der Waals surface area contributed by atoms with Gasteiger partial charge in [-0.15, -0.1) is 0 Å². The van der Waals surface area contributed by atoms with Gasteiger partial charge >= 0.3 is 0 Å². The molecule has 0 saturated carbocycles. The SMILES string of the molecule is CC(=O)Cn1c[n+](C)c2ccccc21.[Cl-]. The number of carbonyl (C=O) groups excluding carboxylic acids is 1. The van der Waals surface area contributed by atoms with E-state index in [1.807, 2.05) is 46.8 Å². The van der Waals surface area contributed by atoms with Crippen molar-refractivity contribution in [1.29, 1.82) is 0 Å². The van der Waals surface area contributed by atoms with E-state index < -0.39 is 0 Å². The van der Waals surface area contributed by atoms with E-state index in [9.17, 15) is 4.79 Å². The topological polar surface area (TPSA) is 25.9 Å². The van der Waals surface area contributed by atoms with Crippen LogP contribution >= 0.6 is 0 Å². The Morgan fingerprint density at radius 2 is 2.07 bits per heavy atom. The van der Waals surface area contributed by atoms with Crippen LogP contribution in [-0.2, 0) is 18.4 Å². The van der Waals surface area contributed by atoms with Crippen LogP contribution in [0.2, 0.25) is 0 Å². The van der Waals surface area contributed by atoms with Gasteiger partial charge in [-0.05, 0) is 19.1 Å². The van der Waals surface area contributed by atoms with Gasteiger partial charge in [0.15, 0.2) is 16.8 Å². The lowest BCUT2D eigenvalue weighted by Gasteiger charge is -1.91. The van der Waals surface area contributed by atoms with Crippen LogP contribution in [0.4, 0.5) is 0 Å². The van der Waals surface area contributed by atoms with Crippen LogP contribution in [0.25, 0.3) is 11.0 Å². The molecule has 1 aromatic heterocycles. The van der Waals surface area contributed by atoms with E-state index in [4.69, 9.17) is 0 Å². The number of fused-ring (bicyclic) bond motifs is 1. The molecule has 4 heteroatoms. The average Bonchev–Trinajstić information content (AvgIpc) is 2.44. The first kappa shape index (κ1) is 11.7. The fraction of sp³-hybridized carbons (Fsp3) is 0.273. The summed E-state index contributed by atoms with van der Waals surface area (Å²) in [4.78, 5) is 11.0. The maximum atomic E-state index is 11.0. The lowest BCUT2D eigenvalue weighted by Crippen LogP contribution is -3.00. The monoisotopic (exact) mass is 224 g/mol. The third-order valence-corrected chi connectivity index (χ3v) is 2.28. The predicted molar refractivity (Wildman–Crippen MR) is 53.8 cm³/mol. The van der Waals surface area contributed by atoms with Crippen LogP contribution in [0.3, 0.4) is 0 Å². The summed E-state index contributed by atoms with van der Waals surface area (Å²) in [6, 6.07) is 8.06. The van der Waals surface area contributed by atoms with Crippen LogP contribution in [0.15, 0.2) is 30.6 Å². The van der Waals surface area contributed by atoms with Gasteiger partial charge in [0.25, 0.3) is 0 Å². The highest BCUT2D eigenvalue weighted by atomic mass is 35.5. The Morgan fingerprint density at radius 3 is 2.73 bits per heavy atom. The summed E-state index contributed by atoms with van der Waals surface area (Å²) >= 11 is 0. The maximum Gasteiger partial charge on any atom is 0.244 e. The number of aryl methyl sites for hydroxylation is 1. The largest absolute Gasteiger partial charge is 1.00 e. The van der Waals surface area contributed by atoms with E-state index in [0.717, 1.165) is 11.0 Å². The molecule has 0 bridgehead atoms. The maximum absolute atomic E-state index is 11.0. The number of carbonyl (C=O) groups is 1. The number of halogens is 1. The average molecular weight is 225 g/mol. The Labute approximate surface area is 94.7 Å². The zero-order chi connectivity index (χ0) is 10.1. The summed E-state index contributed by atoms with van der Waals surface area (Å²) in [6.07, 6.45) is 1.95. The van der Waals surface area contributed by atoms with Crippen molar-refractivity contribution in [2.45, 2.75) is 13.5 Å². The van der Waals surface area contributed by atoms with E-state index >= 15 is 0 Å². The third kappa shape index (κ3) is 2.18. The number of rotatable bonds is 2. The Balaban J connectivity index is 0.00000112. The molecular weight excluding hydrogens is 212 g/mol. The highest BCUT2D eigenvalue weighted by Gasteiger charge is 2.12. The summed E-state index contributed by atoms with van der Waals surface area (Å²) in [5.41, 5.74) is 2.25. The van der Waals surface area contributed by atoms with Crippen LogP contribution in [0, 0.1) is 0 Å². The molecule has 0 saturated heterocycles. The fourth-order valence-electron chi connectivity index (χ4n) is 1.70.